The van der Waals surface area contributed by atoms with Gasteiger partial charge in [0, 0.05) is 13.2 Å². The number of hydrogen-bond acceptors (Lipinski definition) is 4. The van der Waals surface area contributed by atoms with E-state index in [1.54, 1.807) is 13.2 Å². The highest BCUT2D eigenvalue weighted by Gasteiger charge is 2.05. The van der Waals surface area contributed by atoms with E-state index in [4.69, 9.17) is 11.5 Å². The van der Waals surface area contributed by atoms with E-state index in [9.17, 15) is 0 Å². The summed E-state index contributed by atoms with van der Waals surface area (Å²) < 4.78 is 0. The molecule has 4 nitrogen and oxygen atoms in total. The van der Waals surface area contributed by atoms with Crippen molar-refractivity contribution in [2.45, 2.75) is 13.3 Å². The molecule has 4 heteroatoms. The van der Waals surface area contributed by atoms with Crippen LogP contribution >= 0.6 is 0 Å². The van der Waals surface area contributed by atoms with Crippen molar-refractivity contribution < 1.29 is 0 Å². The predicted octanol–water partition coefficient (Wildman–Crippen LogP) is 0.850. The number of rotatable bonds is 2. The second-order valence-corrected chi connectivity index (χ2v) is 2.56. The fourth-order valence-corrected chi connectivity index (χ4v) is 1.06. The van der Waals surface area contributed by atoms with Gasteiger partial charge in [-0.1, -0.05) is 6.92 Å². The largest absolute Gasteiger partial charge is 0.397 e. The van der Waals surface area contributed by atoms with E-state index in [1.165, 1.54) is 0 Å². The molecule has 0 saturated heterocycles. The summed E-state index contributed by atoms with van der Waals surface area (Å²) >= 11 is 0. The van der Waals surface area contributed by atoms with Crippen LogP contribution in [0, 0.1) is 0 Å². The molecule has 0 aliphatic rings. The molecule has 0 aromatic carbocycles. The number of nitrogens with two attached hydrogens (primary N) is 2. The van der Waals surface area contributed by atoms with Crippen molar-refractivity contribution in [3.05, 3.63) is 11.8 Å². The Bertz CT molecular complexity index is 254. The van der Waals surface area contributed by atoms with Gasteiger partial charge in [0.05, 0.1) is 11.4 Å². The molecule has 1 aromatic rings. The summed E-state index contributed by atoms with van der Waals surface area (Å²) in [5.74, 6) is 0.643. The average Bonchev–Trinajstić information content (AvgIpc) is 2.10. The van der Waals surface area contributed by atoms with Gasteiger partial charge in [-0.3, -0.25) is 0 Å². The number of aromatic nitrogens is 1. The first-order valence-electron chi connectivity index (χ1n) is 3.91. The third kappa shape index (κ3) is 1.28. The zero-order valence-corrected chi connectivity index (χ0v) is 7.39. The van der Waals surface area contributed by atoms with Gasteiger partial charge in [0.25, 0.3) is 0 Å². The summed E-state index contributed by atoms with van der Waals surface area (Å²) in [7, 11) is 1.77. The lowest BCUT2D eigenvalue weighted by Gasteiger charge is -2.09. The quantitative estimate of drug-likeness (QED) is 0.608. The third-order valence-corrected chi connectivity index (χ3v) is 1.86. The Morgan fingerprint density at radius 1 is 1.42 bits per heavy atom. The minimum atomic E-state index is 0.539. The molecule has 0 fully saturated rings. The lowest BCUT2D eigenvalue weighted by Crippen LogP contribution is -2.05. The normalized spacial score (nSPS) is 9.83. The molecule has 0 atom stereocenters. The molecule has 0 aliphatic heterocycles. The molecule has 1 aromatic heterocycles. The van der Waals surface area contributed by atoms with E-state index < -0.39 is 0 Å². The van der Waals surface area contributed by atoms with Gasteiger partial charge < -0.3 is 16.8 Å². The second kappa shape index (κ2) is 3.30. The molecule has 0 amide bonds. The zero-order chi connectivity index (χ0) is 9.14. The van der Waals surface area contributed by atoms with E-state index in [-0.39, 0.29) is 0 Å². The Labute approximate surface area is 72.0 Å². The smallest absolute Gasteiger partial charge is 0.151 e. The first-order chi connectivity index (χ1) is 5.70. The lowest BCUT2D eigenvalue weighted by atomic mass is 10.1. The van der Waals surface area contributed by atoms with Crippen LogP contribution in [0.5, 0.6) is 0 Å². The predicted molar refractivity (Wildman–Crippen MR) is 52.0 cm³/mol. The first-order valence-corrected chi connectivity index (χ1v) is 3.91. The molecule has 0 unspecified atom stereocenters. The molecule has 12 heavy (non-hydrogen) atoms. The number of nitrogen functional groups attached to an aromatic ring is 2. The van der Waals surface area contributed by atoms with E-state index in [2.05, 4.69) is 10.3 Å². The van der Waals surface area contributed by atoms with Crippen molar-refractivity contribution >= 4 is 17.2 Å². The Kier molecular flexibility index (Phi) is 2.38. The van der Waals surface area contributed by atoms with Crippen molar-refractivity contribution in [3.8, 4) is 0 Å². The zero-order valence-electron chi connectivity index (χ0n) is 7.39. The molecule has 0 spiro atoms. The van der Waals surface area contributed by atoms with Gasteiger partial charge in [-0.25, -0.2) is 4.98 Å². The minimum absolute atomic E-state index is 0.539. The van der Waals surface area contributed by atoms with Crippen LogP contribution in [0.2, 0.25) is 0 Å². The van der Waals surface area contributed by atoms with Crippen molar-refractivity contribution in [1.29, 1.82) is 0 Å². The van der Waals surface area contributed by atoms with Crippen molar-refractivity contribution in [3.63, 3.8) is 0 Å². The first kappa shape index (κ1) is 8.64. The molecular weight excluding hydrogens is 152 g/mol. The minimum Gasteiger partial charge on any atom is -0.397 e. The Morgan fingerprint density at radius 2 is 2.08 bits per heavy atom. The van der Waals surface area contributed by atoms with Crippen LogP contribution in [0.3, 0.4) is 0 Å². The van der Waals surface area contributed by atoms with Gasteiger partial charge in [0.15, 0.2) is 5.82 Å². The van der Waals surface area contributed by atoms with Crippen LogP contribution in [0.15, 0.2) is 6.20 Å². The van der Waals surface area contributed by atoms with Gasteiger partial charge in [0.1, 0.15) is 0 Å². The Balaban J connectivity index is 3.20. The van der Waals surface area contributed by atoms with E-state index in [0.29, 0.717) is 17.2 Å². The number of anilines is 3. The highest BCUT2D eigenvalue weighted by molar-refractivity contribution is 5.77. The van der Waals surface area contributed by atoms with E-state index in [0.717, 1.165) is 12.0 Å². The Morgan fingerprint density at radius 3 is 2.58 bits per heavy atom. The van der Waals surface area contributed by atoms with Crippen LogP contribution in [-0.2, 0) is 6.42 Å². The molecule has 1 rings (SSSR count). The van der Waals surface area contributed by atoms with Crippen LogP contribution in [0.25, 0.3) is 0 Å². The fraction of sp³-hybridized carbons (Fsp3) is 0.375. The molecular formula is C8H14N4. The highest BCUT2D eigenvalue weighted by Crippen LogP contribution is 2.25. The molecule has 0 aliphatic carbocycles. The second-order valence-electron chi connectivity index (χ2n) is 2.56. The SMILES string of the molecule is CCc1cnc(NC)c(N)c1N. The van der Waals surface area contributed by atoms with Crippen LogP contribution < -0.4 is 16.8 Å². The number of pyridine rings is 1. The monoisotopic (exact) mass is 166 g/mol. The summed E-state index contributed by atoms with van der Waals surface area (Å²) in [6.45, 7) is 2.02. The number of aryl methyl sites for hydroxylation is 1. The molecule has 66 valence electrons. The van der Waals surface area contributed by atoms with Crippen LogP contribution in [0.4, 0.5) is 17.2 Å². The van der Waals surface area contributed by atoms with Crippen molar-refractivity contribution in [2.75, 3.05) is 23.8 Å². The summed E-state index contributed by atoms with van der Waals surface area (Å²) in [5, 5.41) is 2.87. The standard InChI is InChI=1S/C8H14N4/c1-3-5-4-12-8(11-2)7(10)6(5)9/h4H,3,10H2,1-2H3,(H3,9,11,12). The van der Waals surface area contributed by atoms with Gasteiger partial charge in [0.2, 0.25) is 0 Å². The highest BCUT2D eigenvalue weighted by atomic mass is 15.0. The van der Waals surface area contributed by atoms with Gasteiger partial charge in [-0.05, 0) is 12.0 Å². The number of nitrogens with zero attached hydrogens (tertiary/aromatic N) is 1. The van der Waals surface area contributed by atoms with Crippen molar-refractivity contribution in [2.24, 2.45) is 0 Å². The maximum absolute atomic E-state index is 5.76. The van der Waals surface area contributed by atoms with Crippen molar-refractivity contribution in [1.82, 2.24) is 4.98 Å². The Hall–Kier alpha value is -1.45. The number of hydrogen-bond donors (Lipinski definition) is 3. The molecule has 5 N–H and O–H groups in total. The summed E-state index contributed by atoms with van der Waals surface area (Å²) in [6.07, 6.45) is 2.60. The maximum atomic E-state index is 5.76. The molecule has 0 saturated carbocycles. The molecule has 0 bridgehead atoms. The fourth-order valence-electron chi connectivity index (χ4n) is 1.06. The maximum Gasteiger partial charge on any atom is 0.151 e. The van der Waals surface area contributed by atoms with Crippen LogP contribution in [0.1, 0.15) is 12.5 Å². The summed E-state index contributed by atoms with van der Waals surface area (Å²) in [5.41, 5.74) is 13.7. The van der Waals surface area contributed by atoms with E-state index >= 15 is 0 Å². The van der Waals surface area contributed by atoms with Gasteiger partial charge in [-0.2, -0.15) is 0 Å². The topological polar surface area (TPSA) is 77.0 Å². The van der Waals surface area contributed by atoms with Gasteiger partial charge >= 0.3 is 0 Å². The van der Waals surface area contributed by atoms with Gasteiger partial charge in [-0.15, -0.1) is 0 Å². The molecule has 0 radical (unpaired) electrons. The third-order valence-electron chi connectivity index (χ3n) is 1.86. The van der Waals surface area contributed by atoms with Crippen LogP contribution in [-0.4, -0.2) is 12.0 Å². The van der Waals surface area contributed by atoms with E-state index in [1.807, 2.05) is 6.92 Å². The summed E-state index contributed by atoms with van der Waals surface area (Å²) in [6, 6.07) is 0. The molecule has 1 heterocycles. The number of nitrogens with one attached hydrogen (secondary N) is 1. The lowest BCUT2D eigenvalue weighted by molar-refractivity contribution is 1.11. The average molecular weight is 166 g/mol. The summed E-state index contributed by atoms with van der Waals surface area (Å²) in [4.78, 5) is 4.11.